The summed E-state index contributed by atoms with van der Waals surface area (Å²) < 4.78 is 49.8. The molecule has 0 bridgehead atoms. The Morgan fingerprint density at radius 2 is 1.86 bits per heavy atom. The summed E-state index contributed by atoms with van der Waals surface area (Å²) in [6.45, 7) is 5.37. The average molecular weight is 519 g/mol. The van der Waals surface area contributed by atoms with Crippen molar-refractivity contribution in [1.29, 1.82) is 0 Å². The third-order valence-corrected chi connectivity index (χ3v) is 8.39. The minimum atomic E-state index is -3.65. The first kappa shape index (κ1) is 26.2. The van der Waals surface area contributed by atoms with Crippen LogP contribution in [0.4, 0.5) is 0 Å². The monoisotopic (exact) mass is 518 g/mol. The second kappa shape index (κ2) is 10.7. The lowest BCUT2D eigenvalue weighted by molar-refractivity contribution is -0.122. The summed E-state index contributed by atoms with van der Waals surface area (Å²) in [6, 6.07) is 10.1. The summed E-state index contributed by atoms with van der Waals surface area (Å²) in [5.74, 6) is 1.82. The molecule has 0 spiro atoms. The minimum absolute atomic E-state index is 0.144. The predicted octanol–water partition coefficient (Wildman–Crippen LogP) is 3.08. The van der Waals surface area contributed by atoms with Crippen LogP contribution in [0.3, 0.4) is 0 Å². The molecule has 0 aromatic heterocycles. The van der Waals surface area contributed by atoms with Crippen LogP contribution in [0, 0.1) is 0 Å². The predicted molar refractivity (Wildman–Crippen MR) is 134 cm³/mol. The summed E-state index contributed by atoms with van der Waals surface area (Å²) in [4.78, 5) is 13.2. The lowest BCUT2D eigenvalue weighted by Gasteiger charge is -2.38. The number of sulfonamides is 1. The zero-order valence-electron chi connectivity index (χ0n) is 21.2. The van der Waals surface area contributed by atoms with Crippen LogP contribution >= 0.6 is 0 Å². The molecular formula is C26H34N2O7S. The SMILES string of the molecule is COc1ccc2c(c1)C(NC(=O)CCc1cc(S(=O)(=O)N3CCOCC3)ccc1OC)CC(C)(C)O2. The number of hydrogen-bond acceptors (Lipinski definition) is 7. The van der Waals surface area contributed by atoms with Gasteiger partial charge in [0.15, 0.2) is 0 Å². The normalized spacial score (nSPS) is 19.6. The highest BCUT2D eigenvalue weighted by Crippen LogP contribution is 2.41. The van der Waals surface area contributed by atoms with Crippen molar-refractivity contribution in [2.45, 2.75) is 49.6 Å². The summed E-state index contributed by atoms with van der Waals surface area (Å²) in [5.41, 5.74) is 1.10. The molecule has 10 heteroatoms. The van der Waals surface area contributed by atoms with Crippen LogP contribution in [0.15, 0.2) is 41.3 Å². The number of amides is 1. The topological polar surface area (TPSA) is 103 Å². The Morgan fingerprint density at radius 3 is 2.56 bits per heavy atom. The van der Waals surface area contributed by atoms with Crippen molar-refractivity contribution in [3.63, 3.8) is 0 Å². The molecule has 4 rings (SSSR count). The third-order valence-electron chi connectivity index (χ3n) is 6.49. The Labute approximate surface area is 212 Å². The van der Waals surface area contributed by atoms with Gasteiger partial charge in [-0.1, -0.05) is 0 Å². The van der Waals surface area contributed by atoms with Crippen molar-refractivity contribution in [1.82, 2.24) is 9.62 Å². The van der Waals surface area contributed by atoms with Crippen LogP contribution in [0.2, 0.25) is 0 Å². The van der Waals surface area contributed by atoms with E-state index in [4.69, 9.17) is 18.9 Å². The van der Waals surface area contributed by atoms with Crippen LogP contribution in [0.1, 0.15) is 43.9 Å². The van der Waals surface area contributed by atoms with Gasteiger partial charge in [-0.2, -0.15) is 4.31 Å². The first-order valence-electron chi connectivity index (χ1n) is 12.0. The van der Waals surface area contributed by atoms with Gasteiger partial charge in [0.05, 0.1) is 38.4 Å². The Balaban J connectivity index is 1.49. The van der Waals surface area contributed by atoms with Crippen LogP contribution < -0.4 is 19.5 Å². The summed E-state index contributed by atoms with van der Waals surface area (Å²) in [5, 5.41) is 3.13. The number of carbonyl (C=O) groups excluding carboxylic acids is 1. The highest BCUT2D eigenvalue weighted by molar-refractivity contribution is 7.89. The second-order valence-corrected chi connectivity index (χ2v) is 11.5. The van der Waals surface area contributed by atoms with Crippen LogP contribution in [0.5, 0.6) is 17.2 Å². The molecule has 0 saturated carbocycles. The van der Waals surface area contributed by atoms with E-state index in [2.05, 4.69) is 5.32 Å². The van der Waals surface area contributed by atoms with E-state index in [1.54, 1.807) is 25.3 Å². The summed E-state index contributed by atoms with van der Waals surface area (Å²) in [6.07, 6.45) is 1.11. The maximum absolute atomic E-state index is 13.1. The van der Waals surface area contributed by atoms with E-state index in [0.717, 1.165) is 11.3 Å². The van der Waals surface area contributed by atoms with Crippen molar-refractivity contribution in [3.8, 4) is 17.2 Å². The fourth-order valence-corrected chi connectivity index (χ4v) is 6.11. The van der Waals surface area contributed by atoms with Crippen molar-refractivity contribution >= 4 is 15.9 Å². The van der Waals surface area contributed by atoms with Crippen molar-refractivity contribution in [2.24, 2.45) is 0 Å². The van der Waals surface area contributed by atoms with Crippen molar-refractivity contribution in [2.75, 3.05) is 40.5 Å². The molecule has 1 saturated heterocycles. The summed E-state index contributed by atoms with van der Waals surface area (Å²) in [7, 11) is -0.520. The molecule has 2 aromatic rings. The Kier molecular flexibility index (Phi) is 7.77. The number of rotatable bonds is 8. The fourth-order valence-electron chi connectivity index (χ4n) is 4.65. The molecule has 2 heterocycles. The number of benzene rings is 2. The van der Waals surface area contributed by atoms with Gasteiger partial charge in [0, 0.05) is 31.5 Å². The standard InChI is InChI=1S/C26H34N2O7S/c1-26(2)17-22(21-16-19(32-3)6-8-24(21)35-26)27-25(29)10-5-18-15-20(7-9-23(18)33-4)36(30,31)28-11-13-34-14-12-28/h6-9,15-16,22H,5,10-14,17H2,1-4H3,(H,27,29). The average Bonchev–Trinajstić information content (AvgIpc) is 2.87. The third kappa shape index (κ3) is 5.77. The molecule has 2 aliphatic heterocycles. The van der Waals surface area contributed by atoms with Gasteiger partial charge in [-0.25, -0.2) is 8.42 Å². The fraction of sp³-hybridized carbons (Fsp3) is 0.500. The number of nitrogens with one attached hydrogen (secondary N) is 1. The van der Waals surface area contributed by atoms with Crippen molar-refractivity contribution in [3.05, 3.63) is 47.5 Å². The molecule has 9 nitrogen and oxygen atoms in total. The summed E-state index contributed by atoms with van der Waals surface area (Å²) >= 11 is 0. The molecule has 36 heavy (non-hydrogen) atoms. The first-order valence-corrected chi connectivity index (χ1v) is 13.5. The maximum atomic E-state index is 13.1. The largest absolute Gasteiger partial charge is 0.497 e. The molecule has 1 amide bonds. The van der Waals surface area contributed by atoms with Crippen LogP contribution in [-0.2, 0) is 26.0 Å². The van der Waals surface area contributed by atoms with E-state index in [1.165, 1.54) is 11.4 Å². The van der Waals surface area contributed by atoms with E-state index >= 15 is 0 Å². The van der Waals surface area contributed by atoms with Gasteiger partial charge in [0.2, 0.25) is 15.9 Å². The molecule has 1 unspecified atom stereocenters. The van der Waals surface area contributed by atoms with Gasteiger partial charge < -0.3 is 24.3 Å². The lowest BCUT2D eigenvalue weighted by Crippen LogP contribution is -2.41. The Hall–Kier alpha value is -2.82. The van der Waals surface area contributed by atoms with E-state index in [-0.39, 0.29) is 23.3 Å². The van der Waals surface area contributed by atoms with E-state index in [1.807, 2.05) is 32.0 Å². The molecule has 2 aromatic carbocycles. The van der Waals surface area contributed by atoms with Crippen LogP contribution in [0.25, 0.3) is 0 Å². The molecule has 0 aliphatic carbocycles. The number of morpholine rings is 1. The number of nitrogens with zero attached hydrogens (tertiary/aromatic N) is 1. The number of carbonyl (C=O) groups is 1. The Morgan fingerprint density at radius 1 is 1.11 bits per heavy atom. The second-order valence-electron chi connectivity index (χ2n) is 9.58. The number of methoxy groups -OCH3 is 2. The van der Waals surface area contributed by atoms with Gasteiger partial charge >= 0.3 is 0 Å². The molecule has 1 atom stereocenters. The van der Waals surface area contributed by atoms with E-state index in [9.17, 15) is 13.2 Å². The first-order chi connectivity index (χ1) is 17.1. The quantitative estimate of drug-likeness (QED) is 0.573. The highest BCUT2D eigenvalue weighted by atomic mass is 32.2. The lowest BCUT2D eigenvalue weighted by atomic mass is 9.89. The maximum Gasteiger partial charge on any atom is 0.243 e. The molecule has 2 aliphatic rings. The number of aryl methyl sites for hydroxylation is 1. The van der Waals surface area contributed by atoms with Crippen molar-refractivity contribution < 1.29 is 32.2 Å². The molecule has 196 valence electrons. The van der Waals surface area contributed by atoms with Gasteiger partial charge in [0.25, 0.3) is 0 Å². The van der Waals surface area contributed by atoms with Gasteiger partial charge in [-0.3, -0.25) is 4.79 Å². The zero-order chi connectivity index (χ0) is 25.9. The van der Waals surface area contributed by atoms with E-state index < -0.39 is 15.6 Å². The number of ether oxygens (including phenoxy) is 4. The molecule has 0 radical (unpaired) electrons. The Bertz CT molecular complexity index is 1210. The molecular weight excluding hydrogens is 484 g/mol. The minimum Gasteiger partial charge on any atom is -0.497 e. The van der Waals surface area contributed by atoms with E-state index in [0.29, 0.717) is 56.2 Å². The van der Waals surface area contributed by atoms with Gasteiger partial charge in [-0.15, -0.1) is 0 Å². The zero-order valence-corrected chi connectivity index (χ0v) is 22.0. The van der Waals surface area contributed by atoms with Gasteiger partial charge in [0.1, 0.15) is 22.8 Å². The number of hydrogen-bond donors (Lipinski definition) is 1. The highest BCUT2D eigenvalue weighted by Gasteiger charge is 2.35. The molecule has 1 fully saturated rings. The van der Waals surface area contributed by atoms with Crippen LogP contribution in [-0.4, -0.2) is 64.8 Å². The molecule has 1 N–H and O–H groups in total. The smallest absolute Gasteiger partial charge is 0.243 e. The van der Waals surface area contributed by atoms with Gasteiger partial charge in [-0.05, 0) is 62.2 Å². The number of fused-ring (bicyclic) bond motifs is 1.